The first-order valence-electron chi connectivity index (χ1n) is 8.13. The molecule has 8 heteroatoms. The molecule has 0 bridgehead atoms. The number of aliphatic imine (C=N–C) groups is 1. The monoisotopic (exact) mass is 475 g/mol. The summed E-state index contributed by atoms with van der Waals surface area (Å²) in [6, 6.07) is 3.60. The molecule has 0 aliphatic rings. The third-order valence-corrected chi connectivity index (χ3v) is 4.69. The van der Waals surface area contributed by atoms with Crippen molar-refractivity contribution in [2.45, 2.75) is 33.3 Å². The number of aliphatic hydroxyl groups excluding tert-OH is 1. The molecule has 6 nitrogen and oxygen atoms in total. The van der Waals surface area contributed by atoms with E-state index in [1.807, 2.05) is 13.8 Å². The van der Waals surface area contributed by atoms with Crippen molar-refractivity contribution in [1.29, 1.82) is 0 Å². The van der Waals surface area contributed by atoms with Crippen molar-refractivity contribution in [2.24, 2.45) is 4.99 Å². The molecule has 1 atom stereocenters. The number of halogens is 1. The summed E-state index contributed by atoms with van der Waals surface area (Å²) in [5, 5.41) is 17.8. The maximum atomic E-state index is 10.2. The predicted molar refractivity (Wildman–Crippen MR) is 114 cm³/mol. The van der Waals surface area contributed by atoms with Crippen molar-refractivity contribution in [3.63, 3.8) is 0 Å². The van der Waals surface area contributed by atoms with E-state index in [2.05, 4.69) is 32.5 Å². The third-order valence-electron chi connectivity index (χ3n) is 3.56. The number of guanidine groups is 1. The quantitative estimate of drug-likeness (QED) is 0.326. The van der Waals surface area contributed by atoms with Gasteiger partial charge in [0.25, 0.3) is 0 Å². The van der Waals surface area contributed by atoms with E-state index in [1.54, 1.807) is 35.9 Å². The Kier molecular flexibility index (Phi) is 9.91. The van der Waals surface area contributed by atoms with Crippen LogP contribution in [0.3, 0.4) is 0 Å². The maximum Gasteiger partial charge on any atom is 0.191 e. The van der Waals surface area contributed by atoms with Gasteiger partial charge in [0.15, 0.2) is 5.96 Å². The number of pyridine rings is 1. The standard InChI is InChI=1S/C17H25N5OS.HI/c1-4-19-17(20-10-7-16-22-12(2)13(3)24-16)21-11-15(23)14-5-8-18-9-6-14;/h5-6,8-9,15,23H,4,7,10-11H2,1-3H3,(H2,19,20,21);1H. The van der Waals surface area contributed by atoms with E-state index in [4.69, 9.17) is 0 Å². The number of hydrogen-bond donors (Lipinski definition) is 3. The van der Waals surface area contributed by atoms with Crippen LogP contribution >= 0.6 is 35.3 Å². The van der Waals surface area contributed by atoms with Crippen LogP contribution in [0.4, 0.5) is 0 Å². The van der Waals surface area contributed by atoms with Crippen LogP contribution in [0.15, 0.2) is 29.5 Å². The summed E-state index contributed by atoms with van der Waals surface area (Å²) in [5.74, 6) is 0.704. The topological polar surface area (TPSA) is 82.4 Å². The van der Waals surface area contributed by atoms with Crippen LogP contribution in [0.2, 0.25) is 0 Å². The zero-order valence-corrected chi connectivity index (χ0v) is 18.0. The molecule has 3 N–H and O–H groups in total. The Morgan fingerprint density at radius 1 is 1.28 bits per heavy atom. The molecule has 138 valence electrons. The maximum absolute atomic E-state index is 10.2. The van der Waals surface area contributed by atoms with Crippen LogP contribution < -0.4 is 10.6 Å². The van der Waals surface area contributed by atoms with Crippen molar-refractivity contribution in [3.05, 3.63) is 45.7 Å². The molecule has 2 heterocycles. The molecule has 0 aromatic carbocycles. The Morgan fingerprint density at radius 2 is 2.00 bits per heavy atom. The molecule has 0 spiro atoms. The van der Waals surface area contributed by atoms with E-state index in [1.165, 1.54) is 4.88 Å². The lowest BCUT2D eigenvalue weighted by atomic mass is 10.1. The van der Waals surface area contributed by atoms with Gasteiger partial charge in [-0.3, -0.25) is 9.98 Å². The Morgan fingerprint density at radius 3 is 2.60 bits per heavy atom. The summed E-state index contributed by atoms with van der Waals surface area (Å²) in [5.41, 5.74) is 1.93. The Labute approximate surface area is 170 Å². The second kappa shape index (κ2) is 11.4. The number of aryl methyl sites for hydroxylation is 2. The molecule has 0 fully saturated rings. The van der Waals surface area contributed by atoms with E-state index in [9.17, 15) is 5.11 Å². The van der Waals surface area contributed by atoms with E-state index in [0.29, 0.717) is 12.5 Å². The summed E-state index contributed by atoms with van der Waals surface area (Å²) in [4.78, 5) is 14.2. The molecule has 0 amide bonds. The molecule has 1 unspecified atom stereocenters. The SMILES string of the molecule is CCNC(=NCC(O)c1ccncc1)NCCc1nc(C)c(C)s1.I. The van der Waals surface area contributed by atoms with Gasteiger partial charge in [0.1, 0.15) is 0 Å². The van der Waals surface area contributed by atoms with Gasteiger partial charge in [0, 0.05) is 36.8 Å². The molecule has 25 heavy (non-hydrogen) atoms. The van der Waals surface area contributed by atoms with Gasteiger partial charge in [0.05, 0.1) is 23.4 Å². The van der Waals surface area contributed by atoms with Gasteiger partial charge < -0.3 is 15.7 Å². The van der Waals surface area contributed by atoms with Crippen LogP contribution in [0.1, 0.15) is 34.2 Å². The van der Waals surface area contributed by atoms with E-state index >= 15 is 0 Å². The Balaban J connectivity index is 0.00000312. The first-order chi connectivity index (χ1) is 11.6. The molecular formula is C17H26IN5OS. The molecule has 0 aliphatic carbocycles. The summed E-state index contributed by atoms with van der Waals surface area (Å²) >= 11 is 1.74. The highest BCUT2D eigenvalue weighted by Gasteiger charge is 2.07. The van der Waals surface area contributed by atoms with Gasteiger partial charge >= 0.3 is 0 Å². The lowest BCUT2D eigenvalue weighted by molar-refractivity contribution is 0.187. The normalized spacial score (nSPS) is 12.4. The fraction of sp³-hybridized carbons (Fsp3) is 0.471. The molecule has 2 rings (SSSR count). The fourth-order valence-corrected chi connectivity index (χ4v) is 3.08. The van der Waals surface area contributed by atoms with Gasteiger partial charge in [-0.1, -0.05) is 0 Å². The zero-order valence-electron chi connectivity index (χ0n) is 14.8. The first kappa shape index (κ1) is 21.8. The average Bonchev–Trinajstić information content (AvgIpc) is 2.91. The number of rotatable bonds is 7. The second-order valence-electron chi connectivity index (χ2n) is 5.44. The van der Waals surface area contributed by atoms with Crippen molar-refractivity contribution in [2.75, 3.05) is 19.6 Å². The smallest absolute Gasteiger partial charge is 0.191 e. The molecule has 0 aliphatic heterocycles. The fourth-order valence-electron chi connectivity index (χ4n) is 2.14. The minimum atomic E-state index is -0.632. The minimum Gasteiger partial charge on any atom is -0.386 e. The van der Waals surface area contributed by atoms with Gasteiger partial charge in [-0.2, -0.15) is 0 Å². The number of thiazole rings is 1. The van der Waals surface area contributed by atoms with Gasteiger partial charge in [-0.05, 0) is 38.5 Å². The minimum absolute atomic E-state index is 0. The third kappa shape index (κ3) is 7.25. The predicted octanol–water partition coefficient (Wildman–Crippen LogP) is 2.60. The lowest BCUT2D eigenvalue weighted by Gasteiger charge is -2.13. The van der Waals surface area contributed by atoms with Crippen LogP contribution in [0.25, 0.3) is 0 Å². The molecule has 0 radical (unpaired) electrons. The van der Waals surface area contributed by atoms with Gasteiger partial charge in [-0.15, -0.1) is 35.3 Å². The van der Waals surface area contributed by atoms with Crippen LogP contribution in [-0.2, 0) is 6.42 Å². The number of hydrogen-bond acceptors (Lipinski definition) is 5. The van der Waals surface area contributed by atoms with Crippen LogP contribution in [0.5, 0.6) is 0 Å². The number of aliphatic hydroxyl groups is 1. The van der Waals surface area contributed by atoms with Gasteiger partial charge in [-0.25, -0.2) is 4.98 Å². The molecule has 0 saturated carbocycles. The second-order valence-corrected chi connectivity index (χ2v) is 6.73. The number of nitrogens with zero attached hydrogens (tertiary/aromatic N) is 3. The van der Waals surface area contributed by atoms with E-state index in [0.717, 1.165) is 35.8 Å². The van der Waals surface area contributed by atoms with Crippen LogP contribution in [0, 0.1) is 13.8 Å². The number of aromatic nitrogens is 2. The summed E-state index contributed by atoms with van der Waals surface area (Å²) < 4.78 is 0. The van der Waals surface area contributed by atoms with Crippen molar-refractivity contribution in [3.8, 4) is 0 Å². The molecular weight excluding hydrogens is 449 g/mol. The van der Waals surface area contributed by atoms with E-state index in [-0.39, 0.29) is 24.0 Å². The molecule has 2 aromatic heterocycles. The van der Waals surface area contributed by atoms with Crippen molar-refractivity contribution >= 4 is 41.3 Å². The summed E-state index contributed by atoms with van der Waals surface area (Å²) in [6.45, 7) is 7.97. The lowest BCUT2D eigenvalue weighted by Crippen LogP contribution is -2.38. The summed E-state index contributed by atoms with van der Waals surface area (Å²) in [7, 11) is 0. The van der Waals surface area contributed by atoms with Crippen LogP contribution in [-0.4, -0.2) is 40.7 Å². The van der Waals surface area contributed by atoms with Crippen molar-refractivity contribution in [1.82, 2.24) is 20.6 Å². The Bertz CT molecular complexity index is 643. The summed E-state index contributed by atoms with van der Waals surface area (Å²) in [6.07, 6.45) is 3.57. The first-order valence-corrected chi connectivity index (χ1v) is 8.95. The largest absolute Gasteiger partial charge is 0.386 e. The highest BCUT2D eigenvalue weighted by Crippen LogP contribution is 2.16. The molecule has 2 aromatic rings. The van der Waals surface area contributed by atoms with Gasteiger partial charge in [0.2, 0.25) is 0 Å². The number of nitrogens with one attached hydrogen (secondary N) is 2. The average molecular weight is 475 g/mol. The highest BCUT2D eigenvalue weighted by molar-refractivity contribution is 14.0. The van der Waals surface area contributed by atoms with Crippen molar-refractivity contribution < 1.29 is 5.11 Å². The zero-order chi connectivity index (χ0) is 17.4. The molecule has 0 saturated heterocycles. The highest BCUT2D eigenvalue weighted by atomic mass is 127. The van der Waals surface area contributed by atoms with E-state index < -0.39 is 6.10 Å². The Hall–Kier alpha value is -1.26.